The number of anilines is 1. The number of esters is 1. The lowest BCUT2D eigenvalue weighted by Crippen LogP contribution is -2.28. The Labute approximate surface area is 97.8 Å². The molecule has 0 aliphatic carbocycles. The zero-order valence-electron chi connectivity index (χ0n) is 9.62. The van der Waals surface area contributed by atoms with E-state index in [1.54, 1.807) is 37.0 Å². The third-order valence-corrected chi connectivity index (χ3v) is 2.21. The van der Waals surface area contributed by atoms with Crippen molar-refractivity contribution in [2.24, 2.45) is 0 Å². The van der Waals surface area contributed by atoms with Gasteiger partial charge in [0.1, 0.15) is 12.4 Å². The molecule has 1 unspecified atom stereocenters. The number of ether oxygens (including phenoxy) is 1. The van der Waals surface area contributed by atoms with Crippen molar-refractivity contribution in [1.29, 1.82) is 0 Å². The van der Waals surface area contributed by atoms with Gasteiger partial charge >= 0.3 is 5.97 Å². The number of nitrogens with zero attached hydrogens (tertiary/aromatic N) is 4. The Kier molecular flexibility index (Phi) is 3.17. The van der Waals surface area contributed by atoms with Gasteiger partial charge in [-0.25, -0.2) is 9.78 Å². The lowest BCUT2D eigenvalue weighted by molar-refractivity contribution is -0.143. The first-order valence-corrected chi connectivity index (χ1v) is 5.30. The second-order valence-electron chi connectivity index (χ2n) is 3.46. The first-order chi connectivity index (χ1) is 8.22. The SMILES string of the molecule is CCOC(=O)C(C)Nc1nccn2cnnc12. The van der Waals surface area contributed by atoms with E-state index in [1.807, 2.05) is 0 Å². The molecule has 2 rings (SSSR count). The van der Waals surface area contributed by atoms with Crippen molar-refractivity contribution in [1.82, 2.24) is 19.6 Å². The number of hydrogen-bond acceptors (Lipinski definition) is 6. The van der Waals surface area contributed by atoms with E-state index in [0.29, 0.717) is 18.1 Å². The minimum Gasteiger partial charge on any atom is -0.464 e. The molecule has 0 aliphatic heterocycles. The summed E-state index contributed by atoms with van der Waals surface area (Å²) in [5.41, 5.74) is 0.573. The molecule has 0 amide bonds. The van der Waals surface area contributed by atoms with Gasteiger partial charge in [-0.2, -0.15) is 0 Å². The molecule has 0 radical (unpaired) electrons. The van der Waals surface area contributed by atoms with Crippen LogP contribution >= 0.6 is 0 Å². The summed E-state index contributed by atoms with van der Waals surface area (Å²) in [6.45, 7) is 3.83. The predicted molar refractivity (Wildman–Crippen MR) is 60.5 cm³/mol. The summed E-state index contributed by atoms with van der Waals surface area (Å²) < 4.78 is 6.61. The maximum Gasteiger partial charge on any atom is 0.328 e. The topological polar surface area (TPSA) is 81.4 Å². The van der Waals surface area contributed by atoms with E-state index in [-0.39, 0.29) is 5.97 Å². The molecule has 0 fully saturated rings. The molecule has 1 atom stereocenters. The number of nitrogens with one attached hydrogen (secondary N) is 1. The standard InChI is InChI=1S/C10H13N5O2/c1-3-17-10(16)7(2)13-8-9-14-12-6-15(9)5-4-11-8/h4-7H,3H2,1-2H3,(H,11,13). The van der Waals surface area contributed by atoms with E-state index in [9.17, 15) is 4.79 Å². The van der Waals surface area contributed by atoms with E-state index in [0.717, 1.165) is 0 Å². The molecule has 0 bridgehead atoms. The van der Waals surface area contributed by atoms with E-state index < -0.39 is 6.04 Å². The van der Waals surface area contributed by atoms with Crippen LogP contribution in [-0.2, 0) is 9.53 Å². The fraction of sp³-hybridized carbons (Fsp3) is 0.400. The normalized spacial score (nSPS) is 12.4. The van der Waals surface area contributed by atoms with Crippen molar-refractivity contribution in [3.05, 3.63) is 18.7 Å². The van der Waals surface area contributed by atoms with Gasteiger partial charge in [0, 0.05) is 12.4 Å². The molecule has 7 nitrogen and oxygen atoms in total. The molecule has 7 heteroatoms. The third kappa shape index (κ3) is 2.32. The zero-order chi connectivity index (χ0) is 12.3. The molecular formula is C10H13N5O2. The summed E-state index contributed by atoms with van der Waals surface area (Å²) >= 11 is 0. The number of fused-ring (bicyclic) bond motifs is 1. The van der Waals surface area contributed by atoms with Gasteiger partial charge in [-0.15, -0.1) is 10.2 Å². The van der Waals surface area contributed by atoms with Gasteiger partial charge in [0.25, 0.3) is 0 Å². The second kappa shape index (κ2) is 4.77. The molecule has 0 spiro atoms. The average Bonchev–Trinajstić information content (AvgIpc) is 2.78. The van der Waals surface area contributed by atoms with Crippen LogP contribution in [-0.4, -0.2) is 38.2 Å². The minimum atomic E-state index is -0.481. The van der Waals surface area contributed by atoms with E-state index in [2.05, 4.69) is 20.5 Å². The Hall–Kier alpha value is -2.18. The highest BCUT2D eigenvalue weighted by Gasteiger charge is 2.16. The van der Waals surface area contributed by atoms with Crippen molar-refractivity contribution in [2.75, 3.05) is 11.9 Å². The van der Waals surface area contributed by atoms with Crippen LogP contribution in [0.15, 0.2) is 18.7 Å². The molecule has 90 valence electrons. The monoisotopic (exact) mass is 235 g/mol. The maximum atomic E-state index is 11.5. The summed E-state index contributed by atoms with van der Waals surface area (Å²) in [6.07, 6.45) is 4.91. The zero-order valence-corrected chi connectivity index (χ0v) is 9.62. The molecule has 1 N–H and O–H groups in total. The summed E-state index contributed by atoms with van der Waals surface area (Å²) in [5.74, 6) is 0.182. The fourth-order valence-electron chi connectivity index (χ4n) is 1.39. The summed E-state index contributed by atoms with van der Waals surface area (Å²) in [4.78, 5) is 15.6. The summed E-state index contributed by atoms with van der Waals surface area (Å²) in [6, 6.07) is -0.481. The van der Waals surface area contributed by atoms with Gasteiger partial charge in [-0.1, -0.05) is 0 Å². The van der Waals surface area contributed by atoms with E-state index in [4.69, 9.17) is 4.74 Å². The number of aromatic nitrogens is 4. The van der Waals surface area contributed by atoms with Crippen molar-refractivity contribution in [2.45, 2.75) is 19.9 Å². The van der Waals surface area contributed by atoms with Crippen LogP contribution in [0.25, 0.3) is 5.65 Å². The molecule has 0 saturated carbocycles. The Bertz CT molecular complexity index is 524. The Morgan fingerprint density at radius 2 is 2.47 bits per heavy atom. The number of carbonyl (C=O) groups excluding carboxylic acids is 1. The lowest BCUT2D eigenvalue weighted by atomic mass is 10.3. The highest BCUT2D eigenvalue weighted by molar-refractivity contribution is 5.80. The van der Waals surface area contributed by atoms with Crippen LogP contribution in [0, 0.1) is 0 Å². The van der Waals surface area contributed by atoms with Gasteiger partial charge in [0.05, 0.1) is 6.61 Å². The van der Waals surface area contributed by atoms with Crippen LogP contribution in [0.4, 0.5) is 5.82 Å². The predicted octanol–water partition coefficient (Wildman–Crippen LogP) is 0.488. The lowest BCUT2D eigenvalue weighted by Gasteiger charge is -2.12. The van der Waals surface area contributed by atoms with Crippen molar-refractivity contribution in [3.63, 3.8) is 0 Å². The van der Waals surface area contributed by atoms with Crippen LogP contribution in [0.5, 0.6) is 0 Å². The van der Waals surface area contributed by atoms with Crippen molar-refractivity contribution in [3.8, 4) is 0 Å². The first-order valence-electron chi connectivity index (χ1n) is 5.30. The molecule has 2 aromatic rings. The quantitative estimate of drug-likeness (QED) is 0.776. The van der Waals surface area contributed by atoms with Gasteiger partial charge in [-0.3, -0.25) is 4.40 Å². The van der Waals surface area contributed by atoms with Crippen LogP contribution < -0.4 is 5.32 Å². The van der Waals surface area contributed by atoms with Crippen LogP contribution in [0.3, 0.4) is 0 Å². The van der Waals surface area contributed by atoms with Gasteiger partial charge in [0.15, 0.2) is 5.82 Å². The molecule has 2 aromatic heterocycles. The molecule has 0 aliphatic rings. The highest BCUT2D eigenvalue weighted by Crippen LogP contribution is 2.11. The smallest absolute Gasteiger partial charge is 0.328 e. The first kappa shape index (κ1) is 11.3. The fourth-order valence-corrected chi connectivity index (χ4v) is 1.39. The van der Waals surface area contributed by atoms with Crippen LogP contribution in [0.2, 0.25) is 0 Å². The van der Waals surface area contributed by atoms with E-state index in [1.165, 1.54) is 0 Å². The Morgan fingerprint density at radius 1 is 1.65 bits per heavy atom. The molecular weight excluding hydrogens is 222 g/mol. The summed E-state index contributed by atoms with van der Waals surface area (Å²) in [7, 11) is 0. The van der Waals surface area contributed by atoms with Gasteiger partial charge < -0.3 is 10.1 Å². The largest absolute Gasteiger partial charge is 0.464 e. The Morgan fingerprint density at radius 3 is 3.24 bits per heavy atom. The number of hydrogen-bond donors (Lipinski definition) is 1. The van der Waals surface area contributed by atoms with E-state index >= 15 is 0 Å². The molecule has 17 heavy (non-hydrogen) atoms. The van der Waals surface area contributed by atoms with Gasteiger partial charge in [0.2, 0.25) is 5.65 Å². The molecule has 0 aromatic carbocycles. The van der Waals surface area contributed by atoms with Gasteiger partial charge in [-0.05, 0) is 13.8 Å². The average molecular weight is 235 g/mol. The number of carbonyl (C=O) groups is 1. The highest BCUT2D eigenvalue weighted by atomic mass is 16.5. The molecule has 2 heterocycles. The molecule has 0 saturated heterocycles. The Balaban J connectivity index is 2.18. The number of rotatable bonds is 4. The van der Waals surface area contributed by atoms with Crippen molar-refractivity contribution < 1.29 is 9.53 Å². The second-order valence-corrected chi connectivity index (χ2v) is 3.46. The maximum absolute atomic E-state index is 11.5. The minimum absolute atomic E-state index is 0.323. The van der Waals surface area contributed by atoms with Crippen LogP contribution in [0.1, 0.15) is 13.8 Å². The summed E-state index contributed by atoms with van der Waals surface area (Å²) in [5, 5.41) is 10.6. The third-order valence-electron chi connectivity index (χ3n) is 2.21. The van der Waals surface area contributed by atoms with Crippen molar-refractivity contribution >= 4 is 17.4 Å².